The number of allylic oxidation sites excluding steroid dienone is 2. The van der Waals surface area contributed by atoms with E-state index in [1.54, 1.807) is 0 Å². The van der Waals surface area contributed by atoms with Crippen molar-refractivity contribution in [3.8, 4) is 0 Å². The number of carbonyl (C=O) groups is 1. The molecule has 1 heterocycles. The van der Waals surface area contributed by atoms with Gasteiger partial charge in [-0.1, -0.05) is 49.6 Å². The van der Waals surface area contributed by atoms with E-state index in [0.717, 1.165) is 35.2 Å². The summed E-state index contributed by atoms with van der Waals surface area (Å²) in [6, 6.07) is 8.10. The molecular formula is C21H27NO2. The average Bonchev–Trinajstić information content (AvgIpc) is 2.99. The number of fused-ring (bicyclic) bond motifs is 1. The molecule has 24 heavy (non-hydrogen) atoms. The summed E-state index contributed by atoms with van der Waals surface area (Å²) in [4.78, 5) is 15.5. The molecule has 0 amide bonds. The molecule has 1 aromatic carbocycles. The Morgan fingerprint density at radius 3 is 2.83 bits per heavy atom. The van der Waals surface area contributed by atoms with Crippen molar-refractivity contribution < 1.29 is 9.53 Å². The van der Waals surface area contributed by atoms with E-state index in [-0.39, 0.29) is 5.97 Å². The summed E-state index contributed by atoms with van der Waals surface area (Å²) in [7, 11) is 0. The lowest BCUT2D eigenvalue weighted by molar-refractivity contribution is 0.0519. The highest BCUT2D eigenvalue weighted by molar-refractivity contribution is 5.98. The maximum atomic E-state index is 12.2. The maximum Gasteiger partial charge on any atom is 0.355 e. The van der Waals surface area contributed by atoms with Crippen LogP contribution in [0, 0.1) is 5.92 Å². The molecule has 0 unspecified atom stereocenters. The Balaban J connectivity index is 1.73. The molecule has 1 fully saturated rings. The lowest BCUT2D eigenvalue weighted by Gasteiger charge is -2.17. The van der Waals surface area contributed by atoms with Gasteiger partial charge in [-0.15, -0.1) is 0 Å². The first kappa shape index (κ1) is 16.8. The SMILES string of the molecule is CCOC(=O)c1[nH]c2ccccc2c1CCC=CC1CCCCC1. The normalized spacial score (nSPS) is 16.0. The van der Waals surface area contributed by atoms with Gasteiger partial charge in [-0.3, -0.25) is 0 Å². The number of nitrogens with one attached hydrogen (secondary N) is 1. The molecule has 128 valence electrons. The molecule has 1 saturated carbocycles. The minimum atomic E-state index is -0.250. The second kappa shape index (κ2) is 8.18. The molecule has 1 aliphatic carbocycles. The van der Waals surface area contributed by atoms with Gasteiger partial charge in [0.05, 0.1) is 6.61 Å². The van der Waals surface area contributed by atoms with Crippen molar-refractivity contribution in [2.45, 2.75) is 51.9 Å². The van der Waals surface area contributed by atoms with E-state index in [1.165, 1.54) is 32.1 Å². The lowest BCUT2D eigenvalue weighted by atomic mass is 9.89. The number of hydrogen-bond donors (Lipinski definition) is 1. The molecule has 3 heteroatoms. The van der Waals surface area contributed by atoms with Gasteiger partial charge in [0.1, 0.15) is 5.69 Å². The number of aromatic amines is 1. The molecule has 0 bridgehead atoms. The largest absolute Gasteiger partial charge is 0.461 e. The van der Waals surface area contributed by atoms with Gasteiger partial charge in [0.25, 0.3) is 0 Å². The molecule has 3 rings (SSSR count). The Morgan fingerprint density at radius 2 is 2.04 bits per heavy atom. The van der Waals surface area contributed by atoms with Crippen LogP contribution < -0.4 is 0 Å². The summed E-state index contributed by atoms with van der Waals surface area (Å²) in [6.45, 7) is 2.24. The van der Waals surface area contributed by atoms with Gasteiger partial charge in [0, 0.05) is 10.9 Å². The highest BCUT2D eigenvalue weighted by atomic mass is 16.5. The van der Waals surface area contributed by atoms with E-state index in [0.29, 0.717) is 12.3 Å². The first-order chi connectivity index (χ1) is 11.8. The molecule has 0 saturated heterocycles. The quantitative estimate of drug-likeness (QED) is 0.569. The summed E-state index contributed by atoms with van der Waals surface area (Å²) in [5, 5.41) is 1.13. The minimum Gasteiger partial charge on any atom is -0.461 e. The van der Waals surface area contributed by atoms with Crippen LogP contribution >= 0.6 is 0 Å². The number of ether oxygens (including phenoxy) is 1. The van der Waals surface area contributed by atoms with Crippen molar-refractivity contribution in [1.82, 2.24) is 4.98 Å². The van der Waals surface area contributed by atoms with Crippen LogP contribution in [0.5, 0.6) is 0 Å². The zero-order chi connectivity index (χ0) is 16.8. The van der Waals surface area contributed by atoms with Crippen LogP contribution in [0.1, 0.15) is 61.5 Å². The van der Waals surface area contributed by atoms with E-state index in [9.17, 15) is 4.79 Å². The van der Waals surface area contributed by atoms with Gasteiger partial charge in [-0.2, -0.15) is 0 Å². The van der Waals surface area contributed by atoms with Crippen molar-refractivity contribution in [2.75, 3.05) is 6.61 Å². The summed E-state index contributed by atoms with van der Waals surface area (Å²) in [5.41, 5.74) is 2.70. The molecule has 1 N–H and O–H groups in total. The number of benzene rings is 1. The molecule has 1 aliphatic rings. The van der Waals surface area contributed by atoms with Crippen LogP contribution in [-0.2, 0) is 11.2 Å². The number of aryl methyl sites for hydroxylation is 1. The number of para-hydroxylation sites is 1. The fraction of sp³-hybridized carbons (Fsp3) is 0.476. The number of hydrogen-bond acceptors (Lipinski definition) is 2. The Labute approximate surface area is 144 Å². The van der Waals surface area contributed by atoms with Crippen LogP contribution in [0.15, 0.2) is 36.4 Å². The third-order valence-corrected chi connectivity index (χ3v) is 4.91. The number of carbonyl (C=O) groups excluding carboxylic acids is 1. The second-order valence-corrected chi connectivity index (χ2v) is 6.61. The van der Waals surface area contributed by atoms with Gasteiger partial charge in [0.15, 0.2) is 0 Å². The predicted octanol–water partition coefficient (Wildman–Crippen LogP) is 5.41. The Hall–Kier alpha value is -2.03. The molecule has 0 spiro atoms. The van der Waals surface area contributed by atoms with Gasteiger partial charge in [0.2, 0.25) is 0 Å². The van der Waals surface area contributed by atoms with E-state index < -0.39 is 0 Å². The fourth-order valence-electron chi connectivity index (χ4n) is 3.68. The van der Waals surface area contributed by atoms with Crippen LogP contribution in [0.4, 0.5) is 0 Å². The summed E-state index contributed by atoms with van der Waals surface area (Å²) >= 11 is 0. The number of aromatic nitrogens is 1. The van der Waals surface area contributed by atoms with E-state index in [4.69, 9.17) is 4.74 Å². The number of H-pyrrole nitrogens is 1. The Morgan fingerprint density at radius 1 is 1.25 bits per heavy atom. The highest BCUT2D eigenvalue weighted by Crippen LogP contribution is 2.26. The fourth-order valence-corrected chi connectivity index (χ4v) is 3.68. The number of rotatable bonds is 6. The van der Waals surface area contributed by atoms with E-state index in [2.05, 4.69) is 23.2 Å². The van der Waals surface area contributed by atoms with Crippen LogP contribution in [0.3, 0.4) is 0 Å². The van der Waals surface area contributed by atoms with Crippen molar-refractivity contribution in [3.63, 3.8) is 0 Å². The topological polar surface area (TPSA) is 42.1 Å². The third kappa shape index (κ3) is 3.89. The second-order valence-electron chi connectivity index (χ2n) is 6.61. The standard InChI is InChI=1S/C21H27NO2/c1-2-24-21(23)20-18(17-13-8-9-15-19(17)22-20)14-7-6-12-16-10-4-3-5-11-16/h6,8-9,12-13,15-16,22H,2-5,7,10-11,14H2,1H3. The third-order valence-electron chi connectivity index (χ3n) is 4.91. The lowest BCUT2D eigenvalue weighted by Crippen LogP contribution is -2.08. The Bertz CT molecular complexity index is 708. The summed E-state index contributed by atoms with van der Waals surface area (Å²) in [6.07, 6.45) is 13.3. The first-order valence-electron chi connectivity index (χ1n) is 9.23. The van der Waals surface area contributed by atoms with E-state index in [1.807, 2.05) is 25.1 Å². The summed E-state index contributed by atoms with van der Waals surface area (Å²) in [5.74, 6) is 0.506. The molecule has 0 radical (unpaired) electrons. The van der Waals surface area contributed by atoms with Crippen LogP contribution in [-0.4, -0.2) is 17.6 Å². The van der Waals surface area contributed by atoms with Crippen LogP contribution in [0.2, 0.25) is 0 Å². The zero-order valence-electron chi connectivity index (χ0n) is 14.5. The van der Waals surface area contributed by atoms with Gasteiger partial charge < -0.3 is 9.72 Å². The molecule has 0 aliphatic heterocycles. The van der Waals surface area contributed by atoms with Gasteiger partial charge >= 0.3 is 5.97 Å². The molecule has 0 atom stereocenters. The van der Waals surface area contributed by atoms with Gasteiger partial charge in [-0.05, 0) is 50.2 Å². The zero-order valence-corrected chi connectivity index (χ0v) is 14.5. The first-order valence-corrected chi connectivity index (χ1v) is 9.23. The Kier molecular flexibility index (Phi) is 5.73. The maximum absolute atomic E-state index is 12.2. The predicted molar refractivity (Wildman–Crippen MR) is 98.3 cm³/mol. The van der Waals surface area contributed by atoms with Crippen molar-refractivity contribution in [2.24, 2.45) is 5.92 Å². The number of esters is 1. The summed E-state index contributed by atoms with van der Waals surface area (Å²) < 4.78 is 5.21. The molecule has 2 aromatic rings. The van der Waals surface area contributed by atoms with Crippen molar-refractivity contribution >= 4 is 16.9 Å². The van der Waals surface area contributed by atoms with Crippen molar-refractivity contribution in [3.05, 3.63) is 47.7 Å². The van der Waals surface area contributed by atoms with Gasteiger partial charge in [-0.25, -0.2) is 4.79 Å². The highest BCUT2D eigenvalue weighted by Gasteiger charge is 2.18. The molecule has 1 aromatic heterocycles. The van der Waals surface area contributed by atoms with Crippen LogP contribution in [0.25, 0.3) is 10.9 Å². The minimum absolute atomic E-state index is 0.250. The van der Waals surface area contributed by atoms with E-state index >= 15 is 0 Å². The molecular weight excluding hydrogens is 298 g/mol. The monoisotopic (exact) mass is 325 g/mol. The molecule has 3 nitrogen and oxygen atoms in total. The average molecular weight is 325 g/mol. The smallest absolute Gasteiger partial charge is 0.355 e. The van der Waals surface area contributed by atoms with Crippen molar-refractivity contribution in [1.29, 1.82) is 0 Å².